The van der Waals surface area contributed by atoms with E-state index in [1.807, 2.05) is 0 Å². The number of hydrogen-bond donors (Lipinski definition) is 0. The quantitative estimate of drug-likeness (QED) is 0.340. The molecule has 0 aromatic heterocycles. The Bertz CT molecular complexity index is 524. The Kier molecular flexibility index (Phi) is 5.81. The maximum atomic E-state index is 12.3. The van der Waals surface area contributed by atoms with Crippen molar-refractivity contribution in [3.63, 3.8) is 0 Å². The summed E-state index contributed by atoms with van der Waals surface area (Å²) in [5, 5.41) is 11.1. The van der Waals surface area contributed by atoms with Gasteiger partial charge in [0.05, 0.1) is 18.5 Å². The molecule has 0 bridgehead atoms. The molecule has 0 aliphatic heterocycles. The van der Waals surface area contributed by atoms with Crippen molar-refractivity contribution in [1.82, 2.24) is 0 Å². The maximum Gasteiger partial charge on any atom is 0.387 e. The number of rotatable bonds is 6. The van der Waals surface area contributed by atoms with E-state index in [0.717, 1.165) is 12.1 Å². The fraction of sp³-hybridized carbons (Fsp3) is 0.364. The summed E-state index contributed by atoms with van der Waals surface area (Å²) in [7, 11) is 1.18. The highest BCUT2D eigenvalue weighted by Gasteiger charge is 2.22. The summed E-state index contributed by atoms with van der Waals surface area (Å²) in [5.74, 6) is -1.18. The third-order valence-electron chi connectivity index (χ3n) is 2.40. The van der Waals surface area contributed by atoms with Gasteiger partial charge in [-0.15, -0.1) is 0 Å². The molecule has 0 radical (unpaired) electrons. The van der Waals surface area contributed by atoms with Gasteiger partial charge in [-0.2, -0.15) is 8.78 Å². The van der Waals surface area contributed by atoms with Gasteiger partial charge in [0.25, 0.3) is 0 Å². The fourth-order valence-corrected chi connectivity index (χ4v) is 2.03. The van der Waals surface area contributed by atoms with Gasteiger partial charge in [-0.05, 0) is 17.2 Å². The molecule has 6 nitrogen and oxygen atoms in total. The van der Waals surface area contributed by atoms with E-state index in [2.05, 4.69) is 25.4 Å². The lowest BCUT2D eigenvalue weighted by molar-refractivity contribution is -0.386. The molecule has 0 amide bonds. The summed E-state index contributed by atoms with van der Waals surface area (Å²) in [5.41, 5.74) is 0.145. The van der Waals surface area contributed by atoms with Crippen LogP contribution >= 0.6 is 15.9 Å². The Morgan fingerprint density at radius 2 is 2.10 bits per heavy atom. The molecule has 1 rings (SSSR count). The van der Waals surface area contributed by atoms with Crippen molar-refractivity contribution in [2.24, 2.45) is 0 Å². The largest absolute Gasteiger partial charge is 0.469 e. The first-order chi connectivity index (χ1) is 9.38. The molecule has 0 fully saturated rings. The zero-order valence-electron chi connectivity index (χ0n) is 10.3. The zero-order chi connectivity index (χ0) is 15.3. The number of ether oxygens (including phenoxy) is 2. The van der Waals surface area contributed by atoms with Crippen LogP contribution in [0.1, 0.15) is 11.1 Å². The van der Waals surface area contributed by atoms with Crippen molar-refractivity contribution in [3.8, 4) is 5.75 Å². The van der Waals surface area contributed by atoms with Gasteiger partial charge < -0.3 is 9.47 Å². The highest BCUT2D eigenvalue weighted by atomic mass is 79.9. The van der Waals surface area contributed by atoms with Gasteiger partial charge in [-0.1, -0.05) is 15.9 Å². The Labute approximate surface area is 120 Å². The number of benzene rings is 1. The van der Waals surface area contributed by atoms with E-state index in [0.29, 0.717) is 11.1 Å². The number of nitrogens with zero attached hydrogens (tertiary/aromatic N) is 1. The first-order valence-corrected chi connectivity index (χ1v) is 6.39. The van der Waals surface area contributed by atoms with Gasteiger partial charge in [0.15, 0.2) is 0 Å². The van der Waals surface area contributed by atoms with Crippen molar-refractivity contribution in [2.75, 3.05) is 7.11 Å². The van der Waals surface area contributed by atoms with Gasteiger partial charge in [-0.3, -0.25) is 14.9 Å². The molecule has 0 aliphatic carbocycles. The second-order valence-electron chi connectivity index (χ2n) is 3.61. The third kappa shape index (κ3) is 4.12. The van der Waals surface area contributed by atoms with Crippen LogP contribution < -0.4 is 4.74 Å². The highest BCUT2D eigenvalue weighted by molar-refractivity contribution is 9.08. The molecule has 0 unspecified atom stereocenters. The molecule has 20 heavy (non-hydrogen) atoms. The van der Waals surface area contributed by atoms with Crippen molar-refractivity contribution < 1.29 is 28.0 Å². The first-order valence-electron chi connectivity index (χ1n) is 5.26. The van der Waals surface area contributed by atoms with Gasteiger partial charge >= 0.3 is 18.3 Å². The van der Waals surface area contributed by atoms with E-state index in [4.69, 9.17) is 0 Å². The monoisotopic (exact) mass is 353 g/mol. The molecule has 110 valence electrons. The molecule has 1 aromatic carbocycles. The van der Waals surface area contributed by atoms with Gasteiger partial charge in [-0.25, -0.2) is 0 Å². The van der Waals surface area contributed by atoms with Crippen LogP contribution in [0.3, 0.4) is 0 Å². The van der Waals surface area contributed by atoms with E-state index in [1.54, 1.807) is 0 Å². The zero-order valence-corrected chi connectivity index (χ0v) is 11.9. The molecule has 1 aromatic rings. The smallest absolute Gasteiger partial charge is 0.387 e. The minimum absolute atomic E-state index is 0.199. The van der Waals surface area contributed by atoms with Crippen molar-refractivity contribution in [1.29, 1.82) is 0 Å². The number of nitro groups is 1. The molecule has 0 heterocycles. The summed E-state index contributed by atoms with van der Waals surface area (Å²) in [6, 6.07) is 2.14. The maximum absolute atomic E-state index is 12.3. The van der Waals surface area contributed by atoms with Gasteiger partial charge in [0, 0.05) is 11.4 Å². The second kappa shape index (κ2) is 7.13. The van der Waals surface area contributed by atoms with E-state index < -0.39 is 28.9 Å². The number of carbonyl (C=O) groups is 1. The third-order valence-corrected chi connectivity index (χ3v) is 3.00. The average Bonchev–Trinajstić information content (AvgIpc) is 2.37. The normalized spacial score (nSPS) is 10.4. The Balaban J connectivity index is 3.29. The Morgan fingerprint density at radius 3 is 2.55 bits per heavy atom. The van der Waals surface area contributed by atoms with E-state index in [-0.39, 0.29) is 11.8 Å². The predicted octanol–water partition coefficient (Wildman–Crippen LogP) is 2.81. The molecule has 9 heteroatoms. The predicted molar refractivity (Wildman–Crippen MR) is 68.1 cm³/mol. The van der Waals surface area contributed by atoms with Gasteiger partial charge in [0.1, 0.15) is 0 Å². The van der Waals surface area contributed by atoms with Crippen LogP contribution in [0.2, 0.25) is 0 Å². The summed E-state index contributed by atoms with van der Waals surface area (Å²) in [6.07, 6.45) is -0.199. The lowest BCUT2D eigenvalue weighted by Crippen LogP contribution is -2.10. The lowest BCUT2D eigenvalue weighted by atomic mass is 10.0. The summed E-state index contributed by atoms with van der Waals surface area (Å²) in [6.45, 7) is -3.20. The Morgan fingerprint density at radius 1 is 1.45 bits per heavy atom. The minimum atomic E-state index is -3.20. The van der Waals surface area contributed by atoms with Crippen LogP contribution in [-0.2, 0) is 21.3 Å². The summed E-state index contributed by atoms with van der Waals surface area (Å²) < 4.78 is 33.1. The highest BCUT2D eigenvalue weighted by Crippen LogP contribution is 2.33. The van der Waals surface area contributed by atoms with E-state index in [9.17, 15) is 23.7 Å². The minimum Gasteiger partial charge on any atom is -0.469 e. The first kappa shape index (κ1) is 16.3. The fourth-order valence-electron chi connectivity index (χ4n) is 1.50. The molecule has 0 saturated heterocycles. The number of hydrogen-bond acceptors (Lipinski definition) is 5. The SMILES string of the molecule is COC(=O)Cc1cc(OC(F)F)c([N+](=O)[O-])cc1CBr. The number of methoxy groups -OCH3 is 1. The molecular weight excluding hydrogens is 344 g/mol. The standard InChI is InChI=1S/C11H10BrF2NO5/c1-19-10(16)4-6-3-9(20-11(13)14)8(15(17)18)2-7(6)5-12/h2-3,11H,4-5H2,1H3. The van der Waals surface area contributed by atoms with Crippen molar-refractivity contribution in [3.05, 3.63) is 33.4 Å². The van der Waals surface area contributed by atoms with Crippen LogP contribution in [0.4, 0.5) is 14.5 Å². The molecule has 0 saturated carbocycles. The molecule has 0 N–H and O–H groups in total. The van der Waals surface area contributed by atoms with Gasteiger partial charge in [0.2, 0.25) is 5.75 Å². The summed E-state index contributed by atoms with van der Waals surface area (Å²) in [4.78, 5) is 21.2. The molecular formula is C11H10BrF2NO5. The van der Waals surface area contributed by atoms with E-state index in [1.165, 1.54) is 7.11 Å². The van der Waals surface area contributed by atoms with Crippen LogP contribution in [0.25, 0.3) is 0 Å². The van der Waals surface area contributed by atoms with Crippen LogP contribution in [-0.4, -0.2) is 24.6 Å². The van der Waals surface area contributed by atoms with E-state index >= 15 is 0 Å². The molecule has 0 atom stereocenters. The summed E-state index contributed by atoms with van der Waals surface area (Å²) >= 11 is 3.12. The molecule has 0 aliphatic rings. The number of alkyl halides is 3. The number of halogens is 3. The number of carbonyl (C=O) groups excluding carboxylic acids is 1. The van der Waals surface area contributed by atoms with Crippen molar-refractivity contribution in [2.45, 2.75) is 18.4 Å². The second-order valence-corrected chi connectivity index (χ2v) is 4.17. The topological polar surface area (TPSA) is 78.7 Å². The Hall–Kier alpha value is -1.77. The average molecular weight is 354 g/mol. The lowest BCUT2D eigenvalue weighted by Gasteiger charge is -2.11. The van der Waals surface area contributed by atoms with Crippen molar-refractivity contribution >= 4 is 27.6 Å². The van der Waals surface area contributed by atoms with Crippen LogP contribution in [0.5, 0.6) is 5.75 Å². The molecule has 0 spiro atoms. The number of nitro benzene ring substituents is 1. The van der Waals surface area contributed by atoms with Crippen LogP contribution in [0.15, 0.2) is 12.1 Å². The van der Waals surface area contributed by atoms with Crippen LogP contribution in [0, 0.1) is 10.1 Å². The number of esters is 1.